The molecule has 7 heteroatoms. The van der Waals surface area contributed by atoms with Crippen LogP contribution in [0.1, 0.15) is 0 Å². The van der Waals surface area contributed by atoms with Gasteiger partial charge in [0.1, 0.15) is 5.69 Å². The fourth-order valence-corrected chi connectivity index (χ4v) is 2.13. The molecule has 2 heterocycles. The number of benzene rings is 1. The summed E-state index contributed by atoms with van der Waals surface area (Å²) in [4.78, 5) is 10.2. The van der Waals surface area contributed by atoms with E-state index in [0.29, 0.717) is 11.4 Å². The summed E-state index contributed by atoms with van der Waals surface area (Å²) >= 11 is 0. The van der Waals surface area contributed by atoms with E-state index in [-0.39, 0.29) is 11.6 Å². The number of non-ortho nitro benzene ring substituents is 1. The molecular weight excluding hydrogens is 272 g/mol. The second-order valence-corrected chi connectivity index (χ2v) is 4.58. The summed E-state index contributed by atoms with van der Waals surface area (Å²) in [5, 5.41) is 25.0. The number of aryl methyl sites for hydroxylation is 1. The van der Waals surface area contributed by atoms with Crippen LogP contribution in [0.4, 0.5) is 5.69 Å². The van der Waals surface area contributed by atoms with E-state index in [0.717, 1.165) is 5.69 Å². The molecule has 1 aromatic carbocycles. The van der Waals surface area contributed by atoms with Crippen molar-refractivity contribution in [2.45, 2.75) is 0 Å². The molecule has 2 aromatic heterocycles. The van der Waals surface area contributed by atoms with Gasteiger partial charge in [0.15, 0.2) is 0 Å². The van der Waals surface area contributed by atoms with Crippen LogP contribution in [0.5, 0.6) is 5.88 Å². The third-order valence-electron chi connectivity index (χ3n) is 3.20. The molecular formula is C14H12N4O3. The minimum Gasteiger partial charge on any atom is -0.493 e. The molecule has 0 radical (unpaired) electrons. The Morgan fingerprint density at radius 3 is 2.52 bits per heavy atom. The van der Waals surface area contributed by atoms with Gasteiger partial charge in [0.25, 0.3) is 5.69 Å². The molecule has 0 atom stereocenters. The summed E-state index contributed by atoms with van der Waals surface area (Å²) in [6.07, 6.45) is 1.89. The fourth-order valence-electron chi connectivity index (χ4n) is 2.13. The van der Waals surface area contributed by atoms with Crippen molar-refractivity contribution in [3.63, 3.8) is 0 Å². The minimum absolute atomic E-state index is 0.00643. The molecule has 21 heavy (non-hydrogen) atoms. The Morgan fingerprint density at radius 2 is 1.95 bits per heavy atom. The van der Waals surface area contributed by atoms with Gasteiger partial charge in [0, 0.05) is 31.4 Å². The molecule has 7 nitrogen and oxygen atoms in total. The molecule has 3 rings (SSSR count). The van der Waals surface area contributed by atoms with E-state index in [4.69, 9.17) is 0 Å². The number of nitro groups is 1. The van der Waals surface area contributed by atoms with Crippen LogP contribution in [-0.4, -0.2) is 24.4 Å². The minimum atomic E-state index is -0.470. The van der Waals surface area contributed by atoms with Crippen LogP contribution >= 0.6 is 0 Å². The van der Waals surface area contributed by atoms with Crippen molar-refractivity contribution >= 4 is 5.69 Å². The van der Waals surface area contributed by atoms with Crippen molar-refractivity contribution in [3.05, 3.63) is 58.8 Å². The summed E-state index contributed by atoms with van der Waals surface area (Å²) < 4.78 is 3.23. The van der Waals surface area contributed by atoms with E-state index in [1.165, 1.54) is 16.8 Å². The van der Waals surface area contributed by atoms with Gasteiger partial charge in [-0.2, -0.15) is 5.10 Å². The molecule has 0 saturated carbocycles. The van der Waals surface area contributed by atoms with Crippen molar-refractivity contribution in [1.29, 1.82) is 0 Å². The Morgan fingerprint density at radius 1 is 1.24 bits per heavy atom. The zero-order valence-corrected chi connectivity index (χ0v) is 11.2. The summed E-state index contributed by atoms with van der Waals surface area (Å²) in [6, 6.07) is 11.2. The number of aromatic nitrogens is 3. The number of hydrogen-bond acceptors (Lipinski definition) is 4. The van der Waals surface area contributed by atoms with Crippen molar-refractivity contribution in [1.82, 2.24) is 14.3 Å². The highest BCUT2D eigenvalue weighted by Crippen LogP contribution is 2.26. The van der Waals surface area contributed by atoms with Gasteiger partial charge in [-0.1, -0.05) is 0 Å². The predicted molar refractivity (Wildman–Crippen MR) is 76.3 cm³/mol. The van der Waals surface area contributed by atoms with Crippen LogP contribution in [0.3, 0.4) is 0 Å². The van der Waals surface area contributed by atoms with E-state index in [2.05, 4.69) is 5.10 Å². The second kappa shape index (κ2) is 4.78. The lowest BCUT2D eigenvalue weighted by molar-refractivity contribution is -0.384. The van der Waals surface area contributed by atoms with Crippen LogP contribution in [0, 0.1) is 10.1 Å². The van der Waals surface area contributed by atoms with Gasteiger partial charge in [0.2, 0.25) is 5.88 Å². The lowest BCUT2D eigenvalue weighted by Gasteiger charge is -2.02. The average molecular weight is 284 g/mol. The largest absolute Gasteiger partial charge is 0.493 e. The molecule has 0 saturated heterocycles. The molecule has 0 aliphatic heterocycles. The van der Waals surface area contributed by atoms with E-state index in [9.17, 15) is 15.2 Å². The van der Waals surface area contributed by atoms with E-state index < -0.39 is 4.92 Å². The highest BCUT2D eigenvalue weighted by atomic mass is 16.6. The number of nitrogens with zero attached hydrogens (tertiary/aromatic N) is 4. The maximum Gasteiger partial charge on any atom is 0.269 e. The van der Waals surface area contributed by atoms with Crippen molar-refractivity contribution in [2.75, 3.05) is 0 Å². The molecule has 0 spiro atoms. The van der Waals surface area contributed by atoms with Gasteiger partial charge in [-0.15, -0.1) is 0 Å². The zero-order valence-electron chi connectivity index (χ0n) is 11.2. The second-order valence-electron chi connectivity index (χ2n) is 4.58. The van der Waals surface area contributed by atoms with Gasteiger partial charge in [0.05, 0.1) is 16.3 Å². The maximum atomic E-state index is 10.6. The summed E-state index contributed by atoms with van der Waals surface area (Å²) in [6.45, 7) is 0. The molecule has 0 aliphatic carbocycles. The van der Waals surface area contributed by atoms with Gasteiger partial charge >= 0.3 is 0 Å². The van der Waals surface area contributed by atoms with Crippen molar-refractivity contribution in [2.24, 2.45) is 7.05 Å². The van der Waals surface area contributed by atoms with Gasteiger partial charge in [-0.3, -0.25) is 10.1 Å². The smallest absolute Gasteiger partial charge is 0.269 e. The monoisotopic (exact) mass is 284 g/mol. The molecule has 106 valence electrons. The SMILES string of the molecule is Cn1cccc1-c1cc(O)n(-c2ccc([N+](=O)[O-])cc2)n1. The van der Waals surface area contributed by atoms with Crippen LogP contribution in [-0.2, 0) is 7.05 Å². The third kappa shape index (κ3) is 2.25. The Balaban J connectivity index is 2.02. The highest BCUT2D eigenvalue weighted by Gasteiger charge is 2.13. The van der Waals surface area contributed by atoms with E-state index >= 15 is 0 Å². The number of nitro benzene ring substituents is 1. The Hall–Kier alpha value is -3.09. The quantitative estimate of drug-likeness (QED) is 0.591. The first-order valence-corrected chi connectivity index (χ1v) is 6.22. The van der Waals surface area contributed by atoms with Crippen LogP contribution in [0.15, 0.2) is 48.7 Å². The molecule has 0 amide bonds. The zero-order chi connectivity index (χ0) is 15.0. The Bertz CT molecular complexity index is 802. The molecule has 0 aliphatic rings. The molecule has 1 N–H and O–H groups in total. The van der Waals surface area contributed by atoms with E-state index in [1.807, 2.05) is 29.9 Å². The molecule has 0 bridgehead atoms. The highest BCUT2D eigenvalue weighted by molar-refractivity contribution is 5.58. The first-order valence-electron chi connectivity index (χ1n) is 6.22. The predicted octanol–water partition coefficient (Wildman–Crippen LogP) is 2.49. The average Bonchev–Trinajstić information content (AvgIpc) is 3.05. The Labute approximate surface area is 119 Å². The molecule has 0 fully saturated rings. The fraction of sp³-hybridized carbons (Fsp3) is 0.0714. The lowest BCUT2D eigenvalue weighted by Crippen LogP contribution is -1.97. The van der Waals surface area contributed by atoms with Gasteiger partial charge in [-0.05, 0) is 24.3 Å². The first-order chi connectivity index (χ1) is 10.1. The number of hydrogen-bond donors (Lipinski definition) is 1. The number of aromatic hydroxyl groups is 1. The maximum absolute atomic E-state index is 10.6. The lowest BCUT2D eigenvalue weighted by atomic mass is 10.3. The van der Waals surface area contributed by atoms with Gasteiger partial charge < -0.3 is 9.67 Å². The standard InChI is InChI=1S/C14H12N4O3/c1-16-8-2-3-13(16)12-9-14(19)17(15-12)10-4-6-11(7-5-10)18(20)21/h2-9,19H,1H3. The van der Waals surface area contributed by atoms with Crippen LogP contribution in [0.25, 0.3) is 17.1 Å². The van der Waals surface area contributed by atoms with Crippen LogP contribution < -0.4 is 0 Å². The summed E-state index contributed by atoms with van der Waals surface area (Å²) in [5.74, 6) is -0.0277. The summed E-state index contributed by atoms with van der Waals surface area (Å²) in [7, 11) is 1.89. The topological polar surface area (TPSA) is 86.1 Å². The third-order valence-corrected chi connectivity index (χ3v) is 3.20. The Kier molecular flexibility index (Phi) is 2.94. The van der Waals surface area contributed by atoms with Gasteiger partial charge in [-0.25, -0.2) is 4.68 Å². The summed E-state index contributed by atoms with van der Waals surface area (Å²) in [5.41, 5.74) is 2.04. The number of rotatable bonds is 3. The van der Waals surface area contributed by atoms with Crippen molar-refractivity contribution < 1.29 is 10.0 Å². The van der Waals surface area contributed by atoms with Crippen LogP contribution in [0.2, 0.25) is 0 Å². The molecule has 0 unspecified atom stereocenters. The first kappa shape index (κ1) is 12.9. The normalized spacial score (nSPS) is 10.7. The van der Waals surface area contributed by atoms with E-state index in [1.54, 1.807) is 18.2 Å². The van der Waals surface area contributed by atoms with Crippen molar-refractivity contribution in [3.8, 4) is 23.0 Å². The molecule has 3 aromatic rings.